The van der Waals surface area contributed by atoms with Gasteiger partial charge in [0.15, 0.2) is 5.96 Å². The third-order valence-electron chi connectivity index (χ3n) is 2.26. The molecule has 0 unspecified atom stereocenters. The summed E-state index contributed by atoms with van der Waals surface area (Å²) in [6, 6.07) is 5.05. The van der Waals surface area contributed by atoms with Gasteiger partial charge in [-0.15, -0.1) is 0 Å². The van der Waals surface area contributed by atoms with Crippen molar-refractivity contribution in [2.24, 2.45) is 10.7 Å². The summed E-state index contributed by atoms with van der Waals surface area (Å²) in [5.74, 6) is 0.679. The van der Waals surface area contributed by atoms with Crippen LogP contribution < -0.4 is 21.1 Å². The second kappa shape index (κ2) is 6.48. The Hall–Kier alpha value is -2.24. The van der Waals surface area contributed by atoms with E-state index >= 15 is 0 Å². The van der Waals surface area contributed by atoms with Gasteiger partial charge in [0, 0.05) is 6.54 Å². The largest absolute Gasteiger partial charge is 0.495 e. The first-order chi connectivity index (χ1) is 8.58. The molecule has 6 heteroatoms. The van der Waals surface area contributed by atoms with Gasteiger partial charge < -0.3 is 15.8 Å². The molecule has 0 aliphatic heterocycles. The molecule has 2 amide bonds. The van der Waals surface area contributed by atoms with Crippen LogP contribution in [0.4, 0.5) is 10.5 Å². The number of hydrogen-bond donors (Lipinski definition) is 3. The highest BCUT2D eigenvalue weighted by Gasteiger charge is 2.10. The van der Waals surface area contributed by atoms with E-state index in [2.05, 4.69) is 15.6 Å². The number of guanidine groups is 1. The van der Waals surface area contributed by atoms with Crippen molar-refractivity contribution in [3.8, 4) is 5.75 Å². The number of ether oxygens (including phenoxy) is 1. The Morgan fingerprint density at radius 1 is 1.50 bits per heavy atom. The predicted octanol–water partition coefficient (Wildman–Crippen LogP) is 1.46. The minimum absolute atomic E-state index is 0.0857. The quantitative estimate of drug-likeness (QED) is 0.560. The van der Waals surface area contributed by atoms with E-state index in [0.717, 1.165) is 5.56 Å². The van der Waals surface area contributed by atoms with Gasteiger partial charge in [0.25, 0.3) is 0 Å². The van der Waals surface area contributed by atoms with E-state index in [1.54, 1.807) is 13.2 Å². The van der Waals surface area contributed by atoms with Crippen LogP contribution in [0.25, 0.3) is 0 Å². The zero-order valence-electron chi connectivity index (χ0n) is 10.8. The summed E-state index contributed by atoms with van der Waals surface area (Å²) in [6.45, 7) is 4.22. The molecule has 0 aliphatic rings. The minimum Gasteiger partial charge on any atom is -0.495 e. The lowest BCUT2D eigenvalue weighted by molar-refractivity contribution is 0.256. The van der Waals surface area contributed by atoms with E-state index in [4.69, 9.17) is 10.5 Å². The number of rotatable bonds is 3. The number of aryl methyl sites for hydroxylation is 1. The first kappa shape index (κ1) is 13.8. The minimum atomic E-state index is -0.447. The van der Waals surface area contributed by atoms with Crippen LogP contribution >= 0.6 is 0 Å². The van der Waals surface area contributed by atoms with Crippen molar-refractivity contribution in [3.05, 3.63) is 23.8 Å². The predicted molar refractivity (Wildman–Crippen MR) is 72.0 cm³/mol. The maximum Gasteiger partial charge on any atom is 0.326 e. The molecule has 1 aromatic carbocycles. The summed E-state index contributed by atoms with van der Waals surface area (Å²) < 4.78 is 5.18. The number of anilines is 1. The molecule has 18 heavy (non-hydrogen) atoms. The summed E-state index contributed by atoms with van der Waals surface area (Å²) in [7, 11) is 1.55. The van der Waals surface area contributed by atoms with Crippen LogP contribution in [0.1, 0.15) is 12.5 Å². The number of aliphatic imine (C=N–C) groups is 1. The topological polar surface area (TPSA) is 88.7 Å². The number of nitrogens with zero attached hydrogens (tertiary/aromatic N) is 1. The Morgan fingerprint density at radius 3 is 2.83 bits per heavy atom. The lowest BCUT2D eigenvalue weighted by atomic mass is 10.2. The number of nitrogens with one attached hydrogen (secondary N) is 2. The Morgan fingerprint density at radius 2 is 2.22 bits per heavy atom. The Labute approximate surface area is 106 Å². The fourth-order valence-electron chi connectivity index (χ4n) is 1.44. The van der Waals surface area contributed by atoms with Gasteiger partial charge in [0.2, 0.25) is 0 Å². The molecule has 0 saturated carbocycles. The van der Waals surface area contributed by atoms with Crippen LogP contribution in [0.5, 0.6) is 5.75 Å². The smallest absolute Gasteiger partial charge is 0.326 e. The molecule has 0 aromatic heterocycles. The molecule has 1 aromatic rings. The van der Waals surface area contributed by atoms with E-state index in [1.165, 1.54) is 0 Å². The summed E-state index contributed by atoms with van der Waals surface area (Å²) in [5, 5.41) is 5.11. The summed E-state index contributed by atoms with van der Waals surface area (Å²) >= 11 is 0. The number of carbonyl (C=O) groups is 1. The van der Waals surface area contributed by atoms with Crippen LogP contribution in [0.3, 0.4) is 0 Å². The lowest BCUT2D eigenvalue weighted by Crippen LogP contribution is -2.39. The van der Waals surface area contributed by atoms with Crippen LogP contribution in [0.2, 0.25) is 0 Å². The first-order valence-electron chi connectivity index (χ1n) is 5.60. The average Bonchev–Trinajstić information content (AvgIpc) is 2.31. The number of para-hydroxylation sites is 1. The molecule has 0 atom stereocenters. The van der Waals surface area contributed by atoms with E-state index in [0.29, 0.717) is 18.0 Å². The average molecular weight is 250 g/mol. The number of nitrogens with two attached hydrogens (primary N) is 1. The van der Waals surface area contributed by atoms with E-state index < -0.39 is 6.03 Å². The second-order valence-corrected chi connectivity index (χ2v) is 3.59. The molecule has 0 heterocycles. The van der Waals surface area contributed by atoms with Crippen LogP contribution in [0.15, 0.2) is 23.2 Å². The van der Waals surface area contributed by atoms with Crippen LogP contribution in [-0.4, -0.2) is 25.6 Å². The summed E-state index contributed by atoms with van der Waals surface area (Å²) in [5.41, 5.74) is 7.01. The normalized spacial score (nSPS) is 10.9. The number of urea groups is 1. The monoisotopic (exact) mass is 250 g/mol. The molecular formula is C12H18N4O2. The SMILES string of the molecule is CCN=C(N)NC(=O)Nc1c(C)cccc1OC. The maximum atomic E-state index is 11.7. The van der Waals surface area contributed by atoms with E-state index in [1.807, 2.05) is 26.0 Å². The Balaban J connectivity index is 2.79. The molecule has 0 radical (unpaired) electrons. The number of carbonyl (C=O) groups excluding carboxylic acids is 1. The second-order valence-electron chi connectivity index (χ2n) is 3.59. The van der Waals surface area contributed by atoms with Crippen molar-refractivity contribution in [2.75, 3.05) is 19.0 Å². The van der Waals surface area contributed by atoms with Crippen LogP contribution in [0, 0.1) is 6.92 Å². The number of amides is 2. The van der Waals surface area contributed by atoms with Crippen molar-refractivity contribution in [3.63, 3.8) is 0 Å². The van der Waals surface area contributed by atoms with Gasteiger partial charge in [-0.2, -0.15) is 0 Å². The van der Waals surface area contributed by atoms with E-state index in [-0.39, 0.29) is 5.96 Å². The van der Waals surface area contributed by atoms with Gasteiger partial charge in [0.05, 0.1) is 12.8 Å². The molecule has 0 aliphatic carbocycles. The van der Waals surface area contributed by atoms with Gasteiger partial charge in [-0.3, -0.25) is 10.3 Å². The first-order valence-corrected chi connectivity index (χ1v) is 5.60. The van der Waals surface area contributed by atoms with Crippen molar-refractivity contribution >= 4 is 17.7 Å². The molecule has 0 saturated heterocycles. The van der Waals surface area contributed by atoms with Gasteiger partial charge in [-0.1, -0.05) is 12.1 Å². The summed E-state index contributed by atoms with van der Waals surface area (Å²) in [4.78, 5) is 15.5. The molecule has 98 valence electrons. The lowest BCUT2D eigenvalue weighted by Gasteiger charge is -2.13. The highest BCUT2D eigenvalue weighted by atomic mass is 16.5. The van der Waals surface area contributed by atoms with Crippen molar-refractivity contribution in [1.82, 2.24) is 5.32 Å². The fraction of sp³-hybridized carbons (Fsp3) is 0.333. The molecule has 6 nitrogen and oxygen atoms in total. The van der Waals surface area contributed by atoms with Crippen molar-refractivity contribution in [2.45, 2.75) is 13.8 Å². The number of hydrogen-bond acceptors (Lipinski definition) is 3. The Bertz CT molecular complexity index is 457. The number of methoxy groups -OCH3 is 1. The highest BCUT2D eigenvalue weighted by molar-refractivity contribution is 6.02. The Kier molecular flexibility index (Phi) is 4.98. The van der Waals surface area contributed by atoms with Crippen molar-refractivity contribution in [1.29, 1.82) is 0 Å². The third-order valence-corrected chi connectivity index (χ3v) is 2.26. The number of benzene rings is 1. The third kappa shape index (κ3) is 3.65. The summed E-state index contributed by atoms with van der Waals surface area (Å²) in [6.07, 6.45) is 0. The molecule has 4 N–H and O–H groups in total. The van der Waals surface area contributed by atoms with Gasteiger partial charge >= 0.3 is 6.03 Å². The fourth-order valence-corrected chi connectivity index (χ4v) is 1.44. The standard InChI is InChI=1S/C12H18N4O2/c1-4-14-11(13)16-12(17)15-10-8(2)6-5-7-9(10)18-3/h5-7H,4H2,1-3H3,(H4,13,14,15,16,17). The highest BCUT2D eigenvalue weighted by Crippen LogP contribution is 2.27. The zero-order chi connectivity index (χ0) is 13.5. The van der Waals surface area contributed by atoms with E-state index in [9.17, 15) is 4.79 Å². The van der Waals surface area contributed by atoms with Crippen molar-refractivity contribution < 1.29 is 9.53 Å². The van der Waals surface area contributed by atoms with Gasteiger partial charge in [-0.25, -0.2) is 4.79 Å². The molecule has 0 fully saturated rings. The van der Waals surface area contributed by atoms with Gasteiger partial charge in [0.1, 0.15) is 5.75 Å². The zero-order valence-corrected chi connectivity index (χ0v) is 10.8. The molecule has 0 bridgehead atoms. The molecule has 1 rings (SSSR count). The van der Waals surface area contributed by atoms with Gasteiger partial charge in [-0.05, 0) is 25.5 Å². The van der Waals surface area contributed by atoms with Crippen LogP contribution in [-0.2, 0) is 0 Å². The molecular weight excluding hydrogens is 232 g/mol. The molecule has 0 spiro atoms. The maximum absolute atomic E-state index is 11.7.